The van der Waals surface area contributed by atoms with Crippen molar-refractivity contribution in [3.8, 4) is 11.5 Å². The second-order valence-electron chi connectivity index (χ2n) is 9.41. The Morgan fingerprint density at radius 2 is 1.67 bits per heavy atom. The Morgan fingerprint density at radius 1 is 1.03 bits per heavy atom. The zero-order valence-electron chi connectivity index (χ0n) is 16.7. The monoisotopic (exact) mass is 427 g/mol. The summed E-state index contributed by atoms with van der Waals surface area (Å²) in [5.41, 5.74) is 0.529. The van der Waals surface area contributed by atoms with E-state index in [1.165, 1.54) is 30.6 Å². The van der Waals surface area contributed by atoms with Crippen LogP contribution in [0.5, 0.6) is 11.5 Å². The number of hydrogen-bond donors (Lipinski definition) is 2. The molecule has 1 aromatic carbocycles. The number of carbonyl (C=O) groups is 2. The number of nitrogens with zero attached hydrogens (tertiary/aromatic N) is 1. The highest BCUT2D eigenvalue weighted by atomic mass is 32.1. The van der Waals surface area contributed by atoms with Crippen LogP contribution in [0.2, 0.25) is 0 Å². The summed E-state index contributed by atoms with van der Waals surface area (Å²) < 4.78 is 12.1. The van der Waals surface area contributed by atoms with E-state index >= 15 is 0 Å². The van der Waals surface area contributed by atoms with E-state index in [4.69, 9.17) is 9.47 Å². The molecule has 2 aromatic rings. The van der Waals surface area contributed by atoms with E-state index in [9.17, 15) is 9.59 Å². The molecule has 0 saturated heterocycles. The first-order chi connectivity index (χ1) is 14.6. The van der Waals surface area contributed by atoms with Crippen molar-refractivity contribution < 1.29 is 19.1 Å². The molecule has 7 nitrogen and oxygen atoms in total. The maximum Gasteiger partial charge on any atom is 0.245 e. The van der Waals surface area contributed by atoms with Crippen molar-refractivity contribution in [1.82, 2.24) is 10.3 Å². The molecular weight excluding hydrogens is 402 g/mol. The Balaban J connectivity index is 1.10. The number of rotatable bonds is 4. The molecular formula is C22H25N3O4S. The van der Waals surface area contributed by atoms with Gasteiger partial charge in [0.2, 0.25) is 11.8 Å². The molecule has 0 radical (unpaired) electrons. The highest BCUT2D eigenvalue weighted by Crippen LogP contribution is 2.60. The van der Waals surface area contributed by atoms with Crippen LogP contribution >= 0.6 is 11.3 Å². The number of thiazole rings is 1. The van der Waals surface area contributed by atoms with E-state index in [-0.39, 0.29) is 23.8 Å². The molecule has 4 aliphatic carbocycles. The molecule has 0 spiro atoms. The zero-order chi connectivity index (χ0) is 20.3. The van der Waals surface area contributed by atoms with Crippen molar-refractivity contribution in [3.05, 3.63) is 12.1 Å². The summed E-state index contributed by atoms with van der Waals surface area (Å²) >= 11 is 1.39. The average Bonchev–Trinajstić information content (AvgIpc) is 3.10. The van der Waals surface area contributed by atoms with Gasteiger partial charge in [0.05, 0.1) is 16.8 Å². The van der Waals surface area contributed by atoms with E-state index in [0.717, 1.165) is 29.5 Å². The first-order valence-electron chi connectivity index (χ1n) is 10.8. The summed E-state index contributed by atoms with van der Waals surface area (Å²) in [5, 5.41) is 6.26. The number of benzene rings is 1. The standard InChI is InChI=1S/C22H25N3O4S/c26-19(11-23-20(27)22-8-12-3-13(9-22)5-14(4-12)10-22)25-21-24-15-6-16-17(7-18(15)30-21)29-2-1-28-16/h6-7,12-14H,1-5,8-11H2,(H,23,27)(H,24,25,26). The van der Waals surface area contributed by atoms with Gasteiger partial charge < -0.3 is 20.1 Å². The summed E-state index contributed by atoms with van der Waals surface area (Å²) in [6.07, 6.45) is 6.88. The van der Waals surface area contributed by atoms with Gasteiger partial charge in [-0.15, -0.1) is 0 Å². The van der Waals surface area contributed by atoms with Gasteiger partial charge in [0, 0.05) is 17.5 Å². The fraction of sp³-hybridized carbons (Fsp3) is 0.591. The van der Waals surface area contributed by atoms with Crippen molar-refractivity contribution >= 4 is 38.5 Å². The molecule has 4 fully saturated rings. The lowest BCUT2D eigenvalue weighted by molar-refractivity contribution is -0.146. The fourth-order valence-corrected chi connectivity index (χ4v) is 7.31. The summed E-state index contributed by atoms with van der Waals surface area (Å²) in [6.45, 7) is 1.04. The van der Waals surface area contributed by atoms with Crippen molar-refractivity contribution in [2.45, 2.75) is 38.5 Å². The predicted molar refractivity (Wildman–Crippen MR) is 113 cm³/mol. The van der Waals surface area contributed by atoms with Gasteiger partial charge in [-0.05, 0) is 56.3 Å². The molecule has 30 heavy (non-hydrogen) atoms. The van der Waals surface area contributed by atoms with Crippen molar-refractivity contribution in [2.24, 2.45) is 23.2 Å². The third-order valence-electron chi connectivity index (χ3n) is 7.23. The lowest BCUT2D eigenvalue weighted by Crippen LogP contribution is -2.54. The molecule has 4 bridgehead atoms. The van der Waals surface area contributed by atoms with E-state index in [1.807, 2.05) is 12.1 Å². The van der Waals surface area contributed by atoms with Crippen molar-refractivity contribution in [2.75, 3.05) is 25.1 Å². The Morgan fingerprint density at radius 3 is 2.33 bits per heavy atom. The summed E-state index contributed by atoms with van der Waals surface area (Å²) in [7, 11) is 0. The van der Waals surface area contributed by atoms with Crippen LogP contribution < -0.4 is 20.1 Å². The third kappa shape index (κ3) is 3.12. The van der Waals surface area contributed by atoms with E-state index in [1.54, 1.807) is 0 Å². The molecule has 158 valence electrons. The number of amides is 2. The number of nitrogens with one attached hydrogen (secondary N) is 2. The van der Waals surface area contributed by atoms with E-state index in [2.05, 4.69) is 15.6 Å². The maximum atomic E-state index is 13.0. The molecule has 1 aliphatic heterocycles. The molecule has 7 rings (SSSR count). The molecule has 2 heterocycles. The summed E-state index contributed by atoms with van der Waals surface area (Å²) in [4.78, 5) is 30.0. The molecule has 5 aliphatic rings. The molecule has 1 aromatic heterocycles. The van der Waals surface area contributed by atoms with E-state index in [0.29, 0.717) is 47.6 Å². The minimum atomic E-state index is -0.246. The summed E-state index contributed by atoms with van der Waals surface area (Å²) in [6, 6.07) is 3.73. The van der Waals surface area contributed by atoms with Crippen LogP contribution in [-0.4, -0.2) is 36.6 Å². The van der Waals surface area contributed by atoms with Crippen molar-refractivity contribution in [3.63, 3.8) is 0 Å². The lowest BCUT2D eigenvalue weighted by Gasteiger charge is -2.55. The van der Waals surface area contributed by atoms with Crippen LogP contribution in [0.3, 0.4) is 0 Å². The minimum Gasteiger partial charge on any atom is -0.486 e. The Labute approximate surface area is 178 Å². The normalized spacial score (nSPS) is 31.0. The zero-order valence-corrected chi connectivity index (χ0v) is 17.6. The van der Waals surface area contributed by atoms with Gasteiger partial charge >= 0.3 is 0 Å². The number of aromatic nitrogens is 1. The quantitative estimate of drug-likeness (QED) is 0.781. The predicted octanol–water partition coefficient (Wildman–Crippen LogP) is 3.34. The van der Waals surface area contributed by atoms with Gasteiger partial charge in [-0.1, -0.05) is 11.3 Å². The number of carbonyl (C=O) groups excluding carboxylic acids is 2. The van der Waals surface area contributed by atoms with Gasteiger partial charge in [0.25, 0.3) is 0 Å². The topological polar surface area (TPSA) is 89.6 Å². The van der Waals surface area contributed by atoms with E-state index < -0.39 is 0 Å². The Hall–Kier alpha value is -2.35. The average molecular weight is 428 g/mol. The van der Waals surface area contributed by atoms with Crippen LogP contribution in [0.25, 0.3) is 10.2 Å². The molecule has 2 amide bonds. The molecule has 2 N–H and O–H groups in total. The van der Waals surface area contributed by atoms with Crippen LogP contribution in [0, 0.1) is 23.2 Å². The van der Waals surface area contributed by atoms with Crippen LogP contribution in [0.4, 0.5) is 5.13 Å². The molecule has 0 atom stereocenters. The van der Waals surface area contributed by atoms with Crippen LogP contribution in [0.15, 0.2) is 12.1 Å². The first-order valence-corrected chi connectivity index (χ1v) is 11.7. The first kappa shape index (κ1) is 18.4. The number of ether oxygens (including phenoxy) is 2. The Bertz CT molecular complexity index is 955. The van der Waals surface area contributed by atoms with Gasteiger partial charge in [-0.3, -0.25) is 9.59 Å². The van der Waals surface area contributed by atoms with Gasteiger partial charge in [-0.2, -0.15) is 0 Å². The number of anilines is 1. The minimum absolute atomic E-state index is 0.0147. The molecule has 4 saturated carbocycles. The van der Waals surface area contributed by atoms with Crippen LogP contribution in [-0.2, 0) is 9.59 Å². The molecule has 0 unspecified atom stereocenters. The lowest BCUT2D eigenvalue weighted by atomic mass is 9.49. The SMILES string of the molecule is O=C(CNC(=O)C12CC3CC(CC(C3)C1)C2)Nc1nc2cc3c(cc2s1)OCCO3. The molecule has 8 heteroatoms. The van der Waals surface area contributed by atoms with Gasteiger partial charge in [0.15, 0.2) is 16.6 Å². The fourth-order valence-electron chi connectivity index (χ4n) is 6.42. The highest BCUT2D eigenvalue weighted by Gasteiger charge is 2.54. The largest absolute Gasteiger partial charge is 0.486 e. The maximum absolute atomic E-state index is 13.0. The van der Waals surface area contributed by atoms with Gasteiger partial charge in [-0.25, -0.2) is 4.98 Å². The van der Waals surface area contributed by atoms with Gasteiger partial charge in [0.1, 0.15) is 13.2 Å². The number of hydrogen-bond acceptors (Lipinski definition) is 6. The third-order valence-corrected chi connectivity index (χ3v) is 8.16. The second kappa shape index (κ2) is 6.83. The summed E-state index contributed by atoms with van der Waals surface area (Å²) in [5.74, 6) is 3.33. The second-order valence-corrected chi connectivity index (χ2v) is 10.4. The van der Waals surface area contributed by atoms with Crippen LogP contribution in [0.1, 0.15) is 38.5 Å². The Kier molecular flexibility index (Phi) is 4.20. The highest BCUT2D eigenvalue weighted by molar-refractivity contribution is 7.22. The smallest absolute Gasteiger partial charge is 0.245 e. The van der Waals surface area contributed by atoms with Crippen molar-refractivity contribution in [1.29, 1.82) is 0 Å². The number of fused-ring (bicyclic) bond motifs is 2.